The molecule has 11 heavy (non-hydrogen) atoms. The van der Waals surface area contributed by atoms with E-state index in [4.69, 9.17) is 0 Å². The fraction of sp³-hybridized carbons (Fsp3) is 0.444. The molecule has 0 saturated heterocycles. The Morgan fingerprint density at radius 2 is 2.27 bits per heavy atom. The molecule has 1 heterocycles. The van der Waals surface area contributed by atoms with Crippen LogP contribution in [0.5, 0.6) is 0 Å². The van der Waals surface area contributed by atoms with E-state index in [-0.39, 0.29) is 52.8 Å². The Morgan fingerprint density at radius 1 is 1.55 bits per heavy atom. The van der Waals surface area contributed by atoms with Crippen molar-refractivity contribution in [2.75, 3.05) is 0 Å². The number of hydrogen-bond donors (Lipinski definition) is 0. The minimum absolute atomic E-state index is 0. The van der Waals surface area contributed by atoms with Crippen LogP contribution in [0.4, 0.5) is 0 Å². The monoisotopic (exact) mass is 172 g/mol. The van der Waals surface area contributed by atoms with Crippen LogP contribution >= 0.6 is 0 Å². The van der Waals surface area contributed by atoms with Gasteiger partial charge in [-0.3, -0.25) is 0 Å². The SMILES string of the molecule is CCC(C)c1bcccc1.[H-].[K+]. The molecular weight excluding hydrogens is 158 g/mol. The summed E-state index contributed by atoms with van der Waals surface area (Å²) in [5.74, 6) is 2.81. The number of hydrogen-bond acceptors (Lipinski definition) is 0. The van der Waals surface area contributed by atoms with Crippen molar-refractivity contribution >= 4 is 6.91 Å². The summed E-state index contributed by atoms with van der Waals surface area (Å²) >= 11 is 0. The quantitative estimate of drug-likeness (QED) is 0.535. The maximum atomic E-state index is 2.26. The van der Waals surface area contributed by atoms with Gasteiger partial charge < -0.3 is 1.43 Å². The zero-order valence-electron chi connectivity index (χ0n) is 8.67. The van der Waals surface area contributed by atoms with E-state index in [2.05, 4.69) is 44.9 Å². The molecule has 2 heteroatoms. The molecule has 1 aromatic heterocycles. The summed E-state index contributed by atoms with van der Waals surface area (Å²) in [6.45, 7) is 6.67. The van der Waals surface area contributed by atoms with Gasteiger partial charge in [0.2, 0.25) is 0 Å². The molecule has 0 radical (unpaired) electrons. The Labute approximate surface area is 114 Å². The summed E-state index contributed by atoms with van der Waals surface area (Å²) in [5.41, 5.74) is 1.45. The van der Waals surface area contributed by atoms with Gasteiger partial charge >= 0.3 is 114 Å². The van der Waals surface area contributed by atoms with Crippen molar-refractivity contribution in [3.63, 3.8) is 0 Å². The van der Waals surface area contributed by atoms with Crippen molar-refractivity contribution in [3.05, 3.63) is 29.6 Å². The predicted octanol–water partition coefficient (Wildman–Crippen LogP) is -0.345. The summed E-state index contributed by atoms with van der Waals surface area (Å²) < 4.78 is 0. The van der Waals surface area contributed by atoms with Crippen molar-refractivity contribution in [2.45, 2.75) is 26.2 Å². The van der Waals surface area contributed by atoms with Crippen LogP contribution in [0.25, 0.3) is 0 Å². The Bertz CT molecular complexity index is 191. The first-order valence-electron chi connectivity index (χ1n) is 3.89. The van der Waals surface area contributed by atoms with Crippen LogP contribution in [-0.4, -0.2) is 6.91 Å². The molecule has 0 aromatic carbocycles. The maximum Gasteiger partial charge on any atom is 1.00 e. The fourth-order valence-corrected chi connectivity index (χ4v) is 1.02. The van der Waals surface area contributed by atoms with E-state index in [0.717, 1.165) is 0 Å². The second-order valence-electron chi connectivity index (χ2n) is 2.72. The summed E-state index contributed by atoms with van der Waals surface area (Å²) in [6.07, 6.45) is 1.23. The van der Waals surface area contributed by atoms with E-state index in [1.165, 1.54) is 11.9 Å². The minimum Gasteiger partial charge on any atom is -1.00 e. The molecular formula is C9H14BK. The first kappa shape index (κ1) is 12.1. The van der Waals surface area contributed by atoms with Gasteiger partial charge in [-0.25, -0.2) is 0 Å². The van der Waals surface area contributed by atoms with Crippen LogP contribution < -0.4 is 51.4 Å². The van der Waals surface area contributed by atoms with E-state index in [1.807, 2.05) is 0 Å². The summed E-state index contributed by atoms with van der Waals surface area (Å²) in [4.78, 5) is 0. The Balaban J connectivity index is 0. The molecule has 1 unspecified atom stereocenters. The fourth-order valence-electron chi connectivity index (χ4n) is 1.02. The zero-order valence-corrected chi connectivity index (χ0v) is 10.8. The molecule has 0 nitrogen and oxygen atoms in total. The van der Waals surface area contributed by atoms with E-state index in [1.54, 1.807) is 0 Å². The molecule has 1 aromatic rings. The molecule has 0 N–H and O–H groups in total. The first-order chi connectivity index (χ1) is 4.84. The summed E-state index contributed by atoms with van der Waals surface area (Å²) in [7, 11) is 0. The Hall–Kier alpha value is 1.05. The second kappa shape index (κ2) is 6.55. The normalized spacial score (nSPS) is 11.5. The zero-order chi connectivity index (χ0) is 7.40. The van der Waals surface area contributed by atoms with Crippen LogP contribution in [0.3, 0.4) is 0 Å². The maximum absolute atomic E-state index is 2.26. The second-order valence-corrected chi connectivity index (χ2v) is 2.72. The smallest absolute Gasteiger partial charge is 1.00 e. The van der Waals surface area contributed by atoms with E-state index in [0.29, 0.717) is 5.92 Å². The van der Waals surface area contributed by atoms with Gasteiger partial charge in [0.25, 0.3) is 0 Å². The minimum atomic E-state index is 0. The van der Waals surface area contributed by atoms with Gasteiger partial charge in [0.15, 0.2) is 0 Å². The molecule has 0 saturated carbocycles. The Morgan fingerprint density at radius 3 is 2.73 bits per heavy atom. The third kappa shape index (κ3) is 4.00. The largest absolute Gasteiger partial charge is 1.00 e. The van der Waals surface area contributed by atoms with Crippen LogP contribution in [0.15, 0.2) is 24.2 Å². The molecule has 0 bridgehead atoms. The van der Waals surface area contributed by atoms with E-state index < -0.39 is 0 Å². The van der Waals surface area contributed by atoms with Crippen molar-refractivity contribution in [2.24, 2.45) is 0 Å². The molecule has 1 rings (SSSR count). The van der Waals surface area contributed by atoms with Crippen molar-refractivity contribution in [1.82, 2.24) is 0 Å². The van der Waals surface area contributed by atoms with Gasteiger partial charge in [-0.1, -0.05) is 0 Å². The van der Waals surface area contributed by atoms with Gasteiger partial charge in [-0.15, -0.1) is 0 Å². The number of rotatable bonds is 2. The molecule has 0 spiro atoms. The third-order valence-electron chi connectivity index (χ3n) is 1.98. The standard InChI is InChI=1S/C9H13B.K.H/c1-3-8(2)9-6-4-5-7-10-9;;/h4-8H,3H2,1-2H3;;/q;+1;-1. The molecule has 0 aliphatic carbocycles. The molecule has 0 fully saturated rings. The van der Waals surface area contributed by atoms with E-state index in [9.17, 15) is 0 Å². The van der Waals surface area contributed by atoms with Crippen LogP contribution in [-0.2, 0) is 0 Å². The van der Waals surface area contributed by atoms with Crippen molar-refractivity contribution < 1.29 is 52.8 Å². The molecule has 54 valence electrons. The average molecular weight is 172 g/mol. The third-order valence-corrected chi connectivity index (χ3v) is 1.98. The molecule has 0 aliphatic heterocycles. The molecule has 0 aliphatic rings. The van der Waals surface area contributed by atoms with Crippen LogP contribution in [0.1, 0.15) is 33.1 Å². The van der Waals surface area contributed by atoms with Gasteiger partial charge in [-0.2, -0.15) is 0 Å². The van der Waals surface area contributed by atoms with Crippen molar-refractivity contribution in [3.8, 4) is 0 Å². The van der Waals surface area contributed by atoms with Crippen LogP contribution in [0.2, 0.25) is 0 Å². The summed E-state index contributed by atoms with van der Waals surface area (Å²) in [5, 5.41) is 0. The van der Waals surface area contributed by atoms with Crippen LogP contribution in [0, 0.1) is 0 Å². The molecule has 1 atom stereocenters. The first-order valence-corrected chi connectivity index (χ1v) is 3.89. The summed E-state index contributed by atoms with van der Waals surface area (Å²) in [6, 6.07) is 6.35. The predicted molar refractivity (Wildman–Crippen MR) is 47.6 cm³/mol. The van der Waals surface area contributed by atoms with Gasteiger partial charge in [0.05, 0.1) is 0 Å². The van der Waals surface area contributed by atoms with Gasteiger partial charge in [-0.05, 0) is 0 Å². The van der Waals surface area contributed by atoms with Crippen molar-refractivity contribution in [1.29, 1.82) is 0 Å². The topological polar surface area (TPSA) is 0 Å². The van der Waals surface area contributed by atoms with Gasteiger partial charge in [0, 0.05) is 0 Å². The molecule has 0 amide bonds. The van der Waals surface area contributed by atoms with Gasteiger partial charge in [0.1, 0.15) is 0 Å². The average Bonchev–Trinajstić information content (AvgIpc) is 2.05. The van der Waals surface area contributed by atoms with E-state index >= 15 is 0 Å². The Kier molecular flexibility index (Phi) is 7.18.